The fraction of sp³-hybridized carbons (Fsp3) is 0.667. The minimum Gasteiger partial charge on any atom is -0.462 e. The number of benzene rings is 1. The molecule has 0 aromatic heterocycles. The lowest BCUT2D eigenvalue weighted by molar-refractivity contribution is -0.292. The van der Waals surface area contributed by atoms with E-state index in [2.05, 4.69) is 11.7 Å². The number of rotatable bonds is 16. The third-order valence-corrected chi connectivity index (χ3v) is 5.14. The van der Waals surface area contributed by atoms with Gasteiger partial charge in [-0.2, -0.15) is 22.0 Å². The fourth-order valence-electron chi connectivity index (χ4n) is 3.08. The van der Waals surface area contributed by atoms with E-state index in [0.717, 1.165) is 37.8 Å². The summed E-state index contributed by atoms with van der Waals surface area (Å²) in [6.45, 7) is 0.345. The molecule has 0 aliphatic carbocycles. The lowest BCUT2D eigenvalue weighted by Crippen LogP contribution is -2.41. The van der Waals surface area contributed by atoms with Gasteiger partial charge in [0.25, 0.3) is 0 Å². The van der Waals surface area contributed by atoms with Crippen molar-refractivity contribution in [1.29, 1.82) is 0 Å². The van der Waals surface area contributed by atoms with Gasteiger partial charge in [-0.25, -0.2) is 9.59 Å². The summed E-state index contributed by atoms with van der Waals surface area (Å²) in [5, 5.41) is 0. The van der Waals surface area contributed by atoms with E-state index < -0.39 is 30.6 Å². The van der Waals surface area contributed by atoms with E-state index in [-0.39, 0.29) is 17.7 Å². The quantitative estimate of drug-likeness (QED) is 0.140. The first-order valence-corrected chi connectivity index (χ1v) is 11.5. The highest BCUT2D eigenvalue weighted by Gasteiger charge is 2.58. The molecule has 0 unspecified atom stereocenters. The number of carbonyl (C=O) groups excluding carboxylic acids is 2. The van der Waals surface area contributed by atoms with Gasteiger partial charge in [-0.15, -0.1) is 0 Å². The van der Waals surface area contributed by atoms with Crippen LogP contribution >= 0.6 is 0 Å². The van der Waals surface area contributed by atoms with E-state index in [1.54, 1.807) is 0 Å². The second kappa shape index (κ2) is 14.9. The molecular weight excluding hydrogens is 447 g/mol. The molecule has 188 valence electrons. The Morgan fingerprint density at radius 1 is 0.667 bits per heavy atom. The van der Waals surface area contributed by atoms with Crippen LogP contribution in [-0.2, 0) is 9.47 Å². The Balaban J connectivity index is 2.22. The molecule has 0 amide bonds. The van der Waals surface area contributed by atoms with Crippen molar-refractivity contribution < 1.29 is 41.0 Å². The lowest BCUT2D eigenvalue weighted by atomic mass is 10.1. The number of carbonyl (C=O) groups is 2. The summed E-state index contributed by atoms with van der Waals surface area (Å²) >= 11 is 0. The Bertz CT molecular complexity index is 702. The molecule has 0 spiro atoms. The Morgan fingerprint density at radius 3 is 1.48 bits per heavy atom. The average Bonchev–Trinajstić information content (AvgIpc) is 2.77. The topological polar surface area (TPSA) is 52.6 Å². The summed E-state index contributed by atoms with van der Waals surface area (Å²) in [6.07, 6.45) is 7.06. The molecule has 0 fully saturated rings. The molecule has 0 atom stereocenters. The van der Waals surface area contributed by atoms with Crippen molar-refractivity contribution in [1.82, 2.24) is 0 Å². The van der Waals surface area contributed by atoms with Crippen LogP contribution in [0.2, 0.25) is 0 Å². The summed E-state index contributed by atoms with van der Waals surface area (Å²) in [7, 11) is 0. The van der Waals surface area contributed by atoms with Crippen molar-refractivity contribution in [3.8, 4) is 0 Å². The Labute approximate surface area is 191 Å². The number of alkyl halides is 5. The van der Waals surface area contributed by atoms with Crippen LogP contribution in [0.3, 0.4) is 0 Å². The van der Waals surface area contributed by atoms with Crippen molar-refractivity contribution >= 4 is 11.9 Å². The summed E-state index contributed by atoms with van der Waals surface area (Å²) in [5.41, 5.74) is -0.120. The minimum absolute atomic E-state index is 0.134. The van der Waals surface area contributed by atoms with E-state index in [1.165, 1.54) is 57.1 Å². The molecule has 0 N–H and O–H groups in total. The van der Waals surface area contributed by atoms with Crippen LogP contribution < -0.4 is 0 Å². The molecule has 1 aromatic rings. The number of esters is 2. The Hall–Kier alpha value is -2.19. The van der Waals surface area contributed by atoms with Gasteiger partial charge in [0.2, 0.25) is 0 Å². The molecule has 0 aliphatic rings. The molecule has 1 aromatic carbocycles. The van der Waals surface area contributed by atoms with Gasteiger partial charge < -0.3 is 9.47 Å². The molecule has 0 heterocycles. The van der Waals surface area contributed by atoms with E-state index in [9.17, 15) is 31.5 Å². The summed E-state index contributed by atoms with van der Waals surface area (Å²) in [4.78, 5) is 23.7. The SMILES string of the molecule is CCCCCCCCCCCCCOC(=O)c1ccc(C(=O)OCC(F)(F)C(F)(F)F)cc1. The third-order valence-electron chi connectivity index (χ3n) is 5.14. The number of halogens is 5. The van der Waals surface area contributed by atoms with Crippen LogP contribution in [0.4, 0.5) is 22.0 Å². The maximum absolute atomic E-state index is 12.8. The summed E-state index contributed by atoms with van der Waals surface area (Å²) < 4.78 is 71.1. The second-order valence-corrected chi connectivity index (χ2v) is 8.03. The Kier molecular flexibility index (Phi) is 13.0. The standard InChI is InChI=1S/C24H33F5O4/c1-2-3-4-5-6-7-8-9-10-11-12-17-32-21(30)19-13-15-20(16-14-19)22(31)33-18-23(25,26)24(27,28)29/h13-16H,2-12,17-18H2,1H3. The van der Waals surface area contributed by atoms with Gasteiger partial charge in [-0.3, -0.25) is 0 Å². The molecule has 1 rings (SSSR count). The average molecular weight is 481 g/mol. The van der Waals surface area contributed by atoms with Crippen LogP contribution in [0.1, 0.15) is 98.3 Å². The first kappa shape index (κ1) is 28.8. The molecule has 0 saturated carbocycles. The maximum Gasteiger partial charge on any atom is 0.456 e. The summed E-state index contributed by atoms with van der Waals surface area (Å²) in [6, 6.07) is 4.66. The van der Waals surface area contributed by atoms with Gasteiger partial charge in [0.1, 0.15) is 0 Å². The van der Waals surface area contributed by atoms with Gasteiger partial charge in [0.05, 0.1) is 17.7 Å². The molecule has 4 nitrogen and oxygen atoms in total. The van der Waals surface area contributed by atoms with E-state index in [1.807, 2.05) is 0 Å². The van der Waals surface area contributed by atoms with E-state index in [0.29, 0.717) is 0 Å². The largest absolute Gasteiger partial charge is 0.462 e. The van der Waals surface area contributed by atoms with Gasteiger partial charge in [-0.05, 0) is 30.7 Å². The molecular formula is C24H33F5O4. The fourth-order valence-corrected chi connectivity index (χ4v) is 3.08. The van der Waals surface area contributed by atoms with Crippen LogP contribution in [0.25, 0.3) is 0 Å². The smallest absolute Gasteiger partial charge is 0.456 e. The molecule has 0 bridgehead atoms. The number of ether oxygens (including phenoxy) is 2. The van der Waals surface area contributed by atoms with Crippen molar-refractivity contribution in [2.75, 3.05) is 13.2 Å². The van der Waals surface area contributed by atoms with Crippen LogP contribution in [0, 0.1) is 0 Å². The van der Waals surface area contributed by atoms with Crippen LogP contribution in [-0.4, -0.2) is 37.3 Å². The first-order valence-electron chi connectivity index (χ1n) is 11.5. The van der Waals surface area contributed by atoms with E-state index in [4.69, 9.17) is 4.74 Å². The number of hydrogen-bond acceptors (Lipinski definition) is 4. The Morgan fingerprint density at radius 2 is 1.06 bits per heavy atom. The van der Waals surface area contributed by atoms with Crippen molar-refractivity contribution in [3.05, 3.63) is 35.4 Å². The molecule has 0 aliphatic heterocycles. The molecule has 33 heavy (non-hydrogen) atoms. The van der Waals surface area contributed by atoms with Crippen molar-refractivity contribution in [2.24, 2.45) is 0 Å². The zero-order valence-electron chi connectivity index (χ0n) is 19.0. The van der Waals surface area contributed by atoms with Gasteiger partial charge in [-0.1, -0.05) is 71.1 Å². The normalized spacial score (nSPS) is 11.9. The third kappa shape index (κ3) is 11.5. The zero-order chi connectivity index (χ0) is 24.7. The van der Waals surface area contributed by atoms with Gasteiger partial charge >= 0.3 is 24.0 Å². The van der Waals surface area contributed by atoms with Gasteiger partial charge in [0, 0.05) is 0 Å². The zero-order valence-corrected chi connectivity index (χ0v) is 19.0. The van der Waals surface area contributed by atoms with Crippen LogP contribution in [0.5, 0.6) is 0 Å². The van der Waals surface area contributed by atoms with E-state index >= 15 is 0 Å². The predicted molar refractivity (Wildman–Crippen MR) is 114 cm³/mol. The van der Waals surface area contributed by atoms with Crippen molar-refractivity contribution in [3.63, 3.8) is 0 Å². The number of unbranched alkanes of at least 4 members (excludes halogenated alkanes) is 10. The second-order valence-electron chi connectivity index (χ2n) is 8.03. The minimum atomic E-state index is -5.81. The molecule has 9 heteroatoms. The van der Waals surface area contributed by atoms with Gasteiger partial charge in [0.15, 0.2) is 6.61 Å². The summed E-state index contributed by atoms with van der Waals surface area (Å²) in [5.74, 6) is -7.09. The monoisotopic (exact) mass is 480 g/mol. The first-order chi connectivity index (χ1) is 15.6. The van der Waals surface area contributed by atoms with Crippen molar-refractivity contribution in [2.45, 2.75) is 89.7 Å². The highest BCUT2D eigenvalue weighted by molar-refractivity contribution is 5.93. The van der Waals surface area contributed by atoms with Crippen LogP contribution in [0.15, 0.2) is 24.3 Å². The lowest BCUT2D eigenvalue weighted by Gasteiger charge is -2.19. The highest BCUT2D eigenvalue weighted by Crippen LogP contribution is 2.35. The maximum atomic E-state index is 12.8. The number of hydrogen-bond donors (Lipinski definition) is 0. The molecule has 0 radical (unpaired) electrons. The molecule has 0 saturated heterocycles. The predicted octanol–water partition coefficient (Wildman–Crippen LogP) is 7.51. The highest BCUT2D eigenvalue weighted by atomic mass is 19.4.